The van der Waals surface area contributed by atoms with Crippen LogP contribution in [-0.2, 0) is 16.1 Å². The maximum atomic E-state index is 12.4. The Morgan fingerprint density at radius 2 is 1.96 bits per heavy atom. The summed E-state index contributed by atoms with van der Waals surface area (Å²) in [6.45, 7) is -0.218. The van der Waals surface area contributed by atoms with Crippen molar-refractivity contribution in [3.8, 4) is 6.07 Å². The van der Waals surface area contributed by atoms with Crippen LogP contribution in [0.25, 0.3) is 17.0 Å². The Hall–Kier alpha value is -3.37. The molecule has 3 aromatic rings. The number of anilines is 1. The minimum absolute atomic E-state index is 0.0757. The number of benzene rings is 2. The van der Waals surface area contributed by atoms with E-state index in [0.29, 0.717) is 16.8 Å². The first-order chi connectivity index (χ1) is 13.0. The molecule has 1 amide bonds. The fourth-order valence-corrected chi connectivity index (χ4v) is 3.07. The number of carboxylic acid groups (broad SMARTS) is 1. The van der Waals surface area contributed by atoms with Gasteiger partial charge in [0.1, 0.15) is 18.2 Å². The lowest BCUT2D eigenvalue weighted by Gasteiger charge is -2.03. The normalized spacial score (nSPS) is 11.2. The third-order valence-electron chi connectivity index (χ3n) is 3.88. The number of carboxylic acids is 1. The van der Waals surface area contributed by atoms with Crippen LogP contribution >= 0.6 is 15.9 Å². The van der Waals surface area contributed by atoms with Crippen molar-refractivity contribution in [2.75, 3.05) is 5.32 Å². The number of amides is 1. The van der Waals surface area contributed by atoms with Gasteiger partial charge in [-0.15, -0.1) is 0 Å². The van der Waals surface area contributed by atoms with Crippen molar-refractivity contribution in [3.63, 3.8) is 0 Å². The number of nitrogens with one attached hydrogen (secondary N) is 1. The molecule has 0 saturated heterocycles. The quantitative estimate of drug-likeness (QED) is 0.478. The minimum atomic E-state index is -0.979. The Morgan fingerprint density at radius 3 is 2.63 bits per heavy atom. The Morgan fingerprint density at radius 1 is 1.22 bits per heavy atom. The van der Waals surface area contributed by atoms with Crippen LogP contribution < -0.4 is 5.32 Å². The third kappa shape index (κ3) is 4.25. The summed E-state index contributed by atoms with van der Waals surface area (Å²) in [5.74, 6) is -1.51. The first kappa shape index (κ1) is 18.4. The van der Waals surface area contributed by atoms with Gasteiger partial charge in [0.05, 0.1) is 0 Å². The molecular formula is C20H14BrN3O3. The Balaban J connectivity index is 2.02. The van der Waals surface area contributed by atoms with Gasteiger partial charge in [-0.2, -0.15) is 5.26 Å². The van der Waals surface area contributed by atoms with Crippen molar-refractivity contribution in [2.24, 2.45) is 0 Å². The highest BCUT2D eigenvalue weighted by Crippen LogP contribution is 2.27. The highest BCUT2D eigenvalue weighted by molar-refractivity contribution is 9.10. The van der Waals surface area contributed by atoms with Crippen molar-refractivity contribution >= 4 is 50.5 Å². The molecule has 0 fully saturated rings. The summed E-state index contributed by atoms with van der Waals surface area (Å²) in [7, 11) is 0. The number of fused-ring (bicyclic) bond motifs is 1. The molecule has 3 rings (SSSR count). The zero-order valence-corrected chi connectivity index (χ0v) is 15.6. The third-order valence-corrected chi connectivity index (χ3v) is 4.37. The number of rotatable bonds is 5. The molecule has 27 heavy (non-hydrogen) atoms. The van der Waals surface area contributed by atoms with Crippen molar-refractivity contribution < 1.29 is 14.7 Å². The number of nitrogens with zero attached hydrogens (tertiary/aromatic N) is 2. The van der Waals surface area contributed by atoms with Gasteiger partial charge >= 0.3 is 5.97 Å². The Kier molecular flexibility index (Phi) is 5.38. The predicted molar refractivity (Wildman–Crippen MR) is 106 cm³/mol. The lowest BCUT2D eigenvalue weighted by molar-refractivity contribution is -0.137. The lowest BCUT2D eigenvalue weighted by atomic mass is 10.1. The van der Waals surface area contributed by atoms with Gasteiger partial charge < -0.3 is 15.0 Å². The van der Waals surface area contributed by atoms with Crippen LogP contribution in [0.15, 0.2) is 64.8 Å². The van der Waals surface area contributed by atoms with Crippen LogP contribution in [0.4, 0.5) is 5.69 Å². The lowest BCUT2D eigenvalue weighted by Crippen LogP contribution is -2.13. The molecule has 0 aliphatic rings. The van der Waals surface area contributed by atoms with Gasteiger partial charge in [-0.25, -0.2) is 0 Å². The van der Waals surface area contributed by atoms with Crippen molar-refractivity contribution in [2.45, 2.75) is 6.54 Å². The number of nitriles is 1. The van der Waals surface area contributed by atoms with E-state index in [0.717, 1.165) is 9.86 Å². The fraction of sp³-hybridized carbons (Fsp3) is 0.0500. The molecule has 134 valence electrons. The number of carbonyl (C=O) groups is 2. The van der Waals surface area contributed by atoms with Crippen molar-refractivity contribution in [1.82, 2.24) is 4.57 Å². The van der Waals surface area contributed by atoms with E-state index in [1.54, 1.807) is 41.1 Å². The number of aliphatic carboxylic acids is 1. The molecule has 7 heteroatoms. The standard InChI is InChI=1S/C20H14BrN3O3/c21-15-6-7-18-17(9-15)14(11-24(18)12-19(25)26)8-13(10-22)20(27)23-16-4-2-1-3-5-16/h1-9,11H,12H2,(H,23,27)(H,25,26). The molecule has 0 spiro atoms. The van der Waals surface area contributed by atoms with Gasteiger partial charge in [0.2, 0.25) is 0 Å². The molecule has 1 aromatic heterocycles. The fourth-order valence-electron chi connectivity index (χ4n) is 2.71. The second-order valence-electron chi connectivity index (χ2n) is 5.76. The van der Waals surface area contributed by atoms with Gasteiger partial charge in [0.25, 0.3) is 5.91 Å². The van der Waals surface area contributed by atoms with Gasteiger partial charge in [-0.05, 0) is 36.4 Å². The average Bonchev–Trinajstić information content (AvgIpc) is 2.96. The number of hydrogen-bond acceptors (Lipinski definition) is 3. The topological polar surface area (TPSA) is 95.1 Å². The largest absolute Gasteiger partial charge is 0.480 e. The highest BCUT2D eigenvalue weighted by Gasteiger charge is 2.14. The smallest absolute Gasteiger partial charge is 0.323 e. The van der Waals surface area contributed by atoms with Crippen LogP contribution in [0.1, 0.15) is 5.56 Å². The second kappa shape index (κ2) is 7.89. The molecule has 0 aliphatic carbocycles. The summed E-state index contributed by atoms with van der Waals surface area (Å²) in [4.78, 5) is 23.5. The zero-order valence-electron chi connectivity index (χ0n) is 14.0. The van der Waals surface area contributed by atoms with E-state index in [9.17, 15) is 14.9 Å². The van der Waals surface area contributed by atoms with Crippen LogP contribution in [0.2, 0.25) is 0 Å². The summed E-state index contributed by atoms with van der Waals surface area (Å²) in [6.07, 6.45) is 3.09. The molecule has 0 atom stereocenters. The van der Waals surface area contributed by atoms with Gasteiger partial charge in [0.15, 0.2) is 0 Å². The molecule has 0 unspecified atom stereocenters. The van der Waals surface area contributed by atoms with E-state index in [2.05, 4.69) is 21.2 Å². The summed E-state index contributed by atoms with van der Waals surface area (Å²) in [6, 6.07) is 16.2. The van der Waals surface area contributed by atoms with Crippen LogP contribution in [0.5, 0.6) is 0 Å². The number of halogens is 1. The summed E-state index contributed by atoms with van der Waals surface area (Å²) in [5.41, 5.74) is 1.80. The molecular weight excluding hydrogens is 410 g/mol. The van der Waals surface area contributed by atoms with E-state index in [4.69, 9.17) is 5.11 Å². The molecule has 1 heterocycles. The van der Waals surface area contributed by atoms with Crippen LogP contribution in [0, 0.1) is 11.3 Å². The monoisotopic (exact) mass is 423 g/mol. The second-order valence-corrected chi connectivity index (χ2v) is 6.67. The highest BCUT2D eigenvalue weighted by atomic mass is 79.9. The zero-order chi connectivity index (χ0) is 19.4. The molecule has 0 aliphatic heterocycles. The van der Waals surface area contributed by atoms with Crippen molar-refractivity contribution in [1.29, 1.82) is 5.26 Å². The molecule has 2 N–H and O–H groups in total. The molecule has 0 radical (unpaired) electrons. The molecule has 2 aromatic carbocycles. The van der Waals surface area contributed by atoms with E-state index >= 15 is 0 Å². The SMILES string of the molecule is N#CC(=Cc1cn(CC(=O)O)c2ccc(Br)cc12)C(=O)Nc1ccccc1. The molecule has 0 bridgehead atoms. The van der Waals surface area contributed by atoms with Crippen LogP contribution in [0.3, 0.4) is 0 Å². The van der Waals surface area contributed by atoms with Crippen molar-refractivity contribution in [3.05, 3.63) is 70.3 Å². The molecule has 6 nitrogen and oxygen atoms in total. The number of aromatic nitrogens is 1. The summed E-state index contributed by atoms with van der Waals surface area (Å²) < 4.78 is 2.38. The maximum absolute atomic E-state index is 12.4. The average molecular weight is 424 g/mol. The number of hydrogen-bond donors (Lipinski definition) is 2. The Labute approximate surface area is 163 Å². The van der Waals surface area contributed by atoms with E-state index in [1.807, 2.05) is 24.3 Å². The summed E-state index contributed by atoms with van der Waals surface area (Å²) >= 11 is 3.39. The first-order valence-electron chi connectivity index (χ1n) is 7.96. The van der Waals surface area contributed by atoms with Gasteiger partial charge in [-0.1, -0.05) is 34.1 Å². The molecule has 0 saturated carbocycles. The minimum Gasteiger partial charge on any atom is -0.480 e. The number of carbonyl (C=O) groups excluding carboxylic acids is 1. The van der Waals surface area contributed by atoms with E-state index in [-0.39, 0.29) is 12.1 Å². The number of para-hydroxylation sites is 1. The maximum Gasteiger partial charge on any atom is 0.323 e. The van der Waals surface area contributed by atoms with Gasteiger partial charge in [0, 0.05) is 32.8 Å². The summed E-state index contributed by atoms with van der Waals surface area (Å²) in [5, 5.41) is 21.9. The van der Waals surface area contributed by atoms with Crippen LogP contribution in [-0.4, -0.2) is 21.6 Å². The van der Waals surface area contributed by atoms with Gasteiger partial charge in [-0.3, -0.25) is 9.59 Å². The van der Waals surface area contributed by atoms with E-state index in [1.165, 1.54) is 6.08 Å². The van der Waals surface area contributed by atoms with E-state index < -0.39 is 11.9 Å². The Bertz CT molecular complexity index is 1090. The first-order valence-corrected chi connectivity index (χ1v) is 8.75. The predicted octanol–water partition coefficient (Wildman–Crippen LogP) is 4.03.